The van der Waals surface area contributed by atoms with Gasteiger partial charge in [-0.05, 0) is 44.9 Å². The van der Waals surface area contributed by atoms with Crippen LogP contribution in [0.5, 0.6) is 0 Å². The summed E-state index contributed by atoms with van der Waals surface area (Å²) in [5.74, 6) is 0. The molecule has 2 atom stereocenters. The van der Waals surface area contributed by atoms with Crippen LogP contribution in [0.15, 0.2) is 24.3 Å². The zero-order valence-electron chi connectivity index (χ0n) is 12.5. The van der Waals surface area contributed by atoms with E-state index in [1.54, 1.807) is 0 Å². The quantitative estimate of drug-likeness (QED) is 0.835. The highest BCUT2D eigenvalue weighted by molar-refractivity contribution is 5.30. The normalized spacial score (nSPS) is 15.1. The molecule has 2 heteroatoms. The van der Waals surface area contributed by atoms with Crippen molar-refractivity contribution in [2.45, 2.75) is 59.2 Å². The van der Waals surface area contributed by atoms with Gasteiger partial charge in [-0.3, -0.25) is 4.90 Å². The Morgan fingerprint density at radius 3 is 2.22 bits per heavy atom. The molecule has 0 radical (unpaired) electrons. The molecule has 1 rings (SSSR count). The second kappa shape index (κ2) is 6.91. The molecule has 0 saturated carbocycles. The zero-order valence-corrected chi connectivity index (χ0v) is 12.5. The Hall–Kier alpha value is -0.860. The first kappa shape index (κ1) is 15.2. The first-order valence-corrected chi connectivity index (χ1v) is 7.09. The molecule has 0 aromatic heterocycles. The molecule has 0 amide bonds. The van der Waals surface area contributed by atoms with Crippen molar-refractivity contribution >= 4 is 0 Å². The number of rotatable bonds is 6. The lowest BCUT2D eigenvalue weighted by Gasteiger charge is -2.38. The van der Waals surface area contributed by atoms with Crippen molar-refractivity contribution in [3.05, 3.63) is 35.4 Å². The predicted molar refractivity (Wildman–Crippen MR) is 79.7 cm³/mol. The Kier molecular flexibility index (Phi) is 5.83. The maximum absolute atomic E-state index is 6.39. The summed E-state index contributed by atoms with van der Waals surface area (Å²) in [6.45, 7) is 12.1. The van der Waals surface area contributed by atoms with E-state index in [1.165, 1.54) is 11.1 Å². The molecule has 102 valence electrons. The minimum Gasteiger partial charge on any atom is -0.326 e. The van der Waals surface area contributed by atoms with E-state index in [0.29, 0.717) is 12.1 Å². The molecule has 0 saturated heterocycles. The Morgan fingerprint density at radius 2 is 1.78 bits per heavy atom. The number of hydrogen-bond donors (Lipinski definition) is 1. The van der Waals surface area contributed by atoms with Crippen molar-refractivity contribution in [3.8, 4) is 0 Å². The summed E-state index contributed by atoms with van der Waals surface area (Å²) in [4.78, 5) is 2.50. The smallest absolute Gasteiger partial charge is 0.0504 e. The van der Waals surface area contributed by atoms with E-state index in [-0.39, 0.29) is 6.04 Å². The molecule has 1 aromatic rings. The Labute approximate surface area is 112 Å². The summed E-state index contributed by atoms with van der Waals surface area (Å²) in [5.41, 5.74) is 9.11. The molecule has 0 fully saturated rings. The van der Waals surface area contributed by atoms with Gasteiger partial charge in [0.2, 0.25) is 0 Å². The highest BCUT2D eigenvalue weighted by Gasteiger charge is 2.27. The van der Waals surface area contributed by atoms with E-state index >= 15 is 0 Å². The van der Waals surface area contributed by atoms with Crippen LogP contribution >= 0.6 is 0 Å². The van der Waals surface area contributed by atoms with Gasteiger partial charge in [0.05, 0.1) is 6.04 Å². The van der Waals surface area contributed by atoms with Crippen molar-refractivity contribution in [1.29, 1.82) is 0 Å². The molecule has 0 aliphatic carbocycles. The van der Waals surface area contributed by atoms with Crippen LogP contribution in [0.3, 0.4) is 0 Å². The lowest BCUT2D eigenvalue weighted by Crippen LogP contribution is -2.44. The fourth-order valence-corrected chi connectivity index (χ4v) is 2.68. The molecule has 0 aliphatic rings. The van der Waals surface area contributed by atoms with Crippen LogP contribution in [0, 0.1) is 6.92 Å². The third-order valence-corrected chi connectivity index (χ3v) is 3.77. The van der Waals surface area contributed by atoms with Gasteiger partial charge in [0, 0.05) is 12.1 Å². The molecule has 0 bridgehead atoms. The Bertz CT molecular complexity index is 360. The number of aryl methyl sites for hydroxylation is 1. The van der Waals surface area contributed by atoms with Crippen molar-refractivity contribution in [3.63, 3.8) is 0 Å². The van der Waals surface area contributed by atoms with Crippen LogP contribution in [0.1, 0.15) is 51.3 Å². The second-order valence-corrected chi connectivity index (χ2v) is 5.30. The first-order chi connectivity index (χ1) is 8.52. The van der Waals surface area contributed by atoms with Gasteiger partial charge < -0.3 is 5.73 Å². The molecular formula is C16H28N2. The molecule has 1 aromatic carbocycles. The molecule has 0 aliphatic heterocycles. The van der Waals surface area contributed by atoms with E-state index < -0.39 is 0 Å². The van der Waals surface area contributed by atoms with Crippen molar-refractivity contribution in [2.24, 2.45) is 5.73 Å². The Balaban J connectivity index is 3.17. The maximum atomic E-state index is 6.39. The van der Waals surface area contributed by atoms with E-state index in [4.69, 9.17) is 5.73 Å². The monoisotopic (exact) mass is 248 g/mol. The van der Waals surface area contributed by atoms with Gasteiger partial charge in [-0.15, -0.1) is 0 Å². The van der Waals surface area contributed by atoms with E-state index in [0.717, 1.165) is 13.0 Å². The lowest BCUT2D eigenvalue weighted by atomic mass is 9.92. The van der Waals surface area contributed by atoms with E-state index in [1.807, 2.05) is 0 Å². The number of nitrogens with zero attached hydrogens (tertiary/aromatic N) is 1. The second-order valence-electron chi connectivity index (χ2n) is 5.30. The maximum Gasteiger partial charge on any atom is 0.0504 e. The number of likely N-dealkylation sites (N-methyl/N-ethyl adjacent to an activating group) is 1. The summed E-state index contributed by atoms with van der Waals surface area (Å²) in [6.07, 6.45) is 1.00. The van der Waals surface area contributed by atoms with Gasteiger partial charge in [0.25, 0.3) is 0 Å². The van der Waals surface area contributed by atoms with Crippen LogP contribution in [0.25, 0.3) is 0 Å². The van der Waals surface area contributed by atoms with Crippen molar-refractivity contribution in [2.75, 3.05) is 6.54 Å². The fraction of sp³-hybridized carbons (Fsp3) is 0.625. The number of benzene rings is 1. The molecule has 2 nitrogen and oxygen atoms in total. The van der Waals surface area contributed by atoms with Gasteiger partial charge in [0.15, 0.2) is 0 Å². The summed E-state index contributed by atoms with van der Waals surface area (Å²) in [6, 6.07) is 9.64. The summed E-state index contributed by atoms with van der Waals surface area (Å²) >= 11 is 0. The number of nitrogens with two attached hydrogens (primary N) is 1. The van der Waals surface area contributed by atoms with Crippen LogP contribution in [0.4, 0.5) is 0 Å². The van der Waals surface area contributed by atoms with E-state index in [2.05, 4.69) is 63.8 Å². The minimum absolute atomic E-state index is 0.188. The molecule has 18 heavy (non-hydrogen) atoms. The molecule has 0 spiro atoms. The highest BCUT2D eigenvalue weighted by Crippen LogP contribution is 2.29. The largest absolute Gasteiger partial charge is 0.326 e. The van der Waals surface area contributed by atoms with Crippen molar-refractivity contribution in [1.82, 2.24) is 4.90 Å². The molecule has 2 unspecified atom stereocenters. The first-order valence-electron chi connectivity index (χ1n) is 7.09. The standard InChI is InChI=1S/C16H28N2/c1-6-15(17)16(18(7-2)12(3)4)14-11-9-8-10-13(14)5/h8-12,15-16H,6-7,17H2,1-5H3. The minimum atomic E-state index is 0.188. The number of hydrogen-bond acceptors (Lipinski definition) is 2. The molecule has 2 N–H and O–H groups in total. The highest BCUT2D eigenvalue weighted by atomic mass is 15.2. The van der Waals surface area contributed by atoms with Gasteiger partial charge >= 0.3 is 0 Å². The average Bonchev–Trinajstić information content (AvgIpc) is 2.35. The summed E-state index contributed by atoms with van der Waals surface area (Å²) in [7, 11) is 0. The lowest BCUT2D eigenvalue weighted by molar-refractivity contribution is 0.137. The van der Waals surface area contributed by atoms with Crippen molar-refractivity contribution < 1.29 is 0 Å². The van der Waals surface area contributed by atoms with Crippen LogP contribution in [-0.2, 0) is 0 Å². The molecular weight excluding hydrogens is 220 g/mol. The third kappa shape index (κ3) is 3.33. The third-order valence-electron chi connectivity index (χ3n) is 3.77. The van der Waals surface area contributed by atoms with Crippen LogP contribution < -0.4 is 5.73 Å². The zero-order chi connectivity index (χ0) is 13.7. The molecule has 0 heterocycles. The average molecular weight is 248 g/mol. The summed E-state index contributed by atoms with van der Waals surface area (Å²) in [5, 5.41) is 0. The van der Waals surface area contributed by atoms with Gasteiger partial charge in [0.1, 0.15) is 0 Å². The SMILES string of the molecule is CCC(N)C(c1ccccc1C)N(CC)C(C)C. The van der Waals surface area contributed by atoms with Crippen LogP contribution in [-0.4, -0.2) is 23.5 Å². The van der Waals surface area contributed by atoms with Gasteiger partial charge in [-0.1, -0.05) is 38.1 Å². The Morgan fingerprint density at radius 1 is 1.17 bits per heavy atom. The van der Waals surface area contributed by atoms with Gasteiger partial charge in [-0.25, -0.2) is 0 Å². The van der Waals surface area contributed by atoms with Crippen LogP contribution in [0.2, 0.25) is 0 Å². The topological polar surface area (TPSA) is 29.3 Å². The predicted octanol–water partition coefficient (Wildman–Crippen LogP) is 3.50. The van der Waals surface area contributed by atoms with E-state index in [9.17, 15) is 0 Å². The van der Waals surface area contributed by atoms with Gasteiger partial charge in [-0.2, -0.15) is 0 Å². The fourth-order valence-electron chi connectivity index (χ4n) is 2.68. The summed E-state index contributed by atoms with van der Waals surface area (Å²) < 4.78 is 0.